The average molecular weight is 291 g/mol. The third-order valence-corrected chi connectivity index (χ3v) is 3.47. The lowest BCUT2D eigenvalue weighted by molar-refractivity contribution is 0.0600. The highest BCUT2D eigenvalue weighted by Gasteiger charge is 2.08. The maximum Gasteiger partial charge on any atom is 0.337 e. The van der Waals surface area contributed by atoms with Crippen LogP contribution in [0.1, 0.15) is 21.6 Å². The molecular weight excluding hydrogens is 278 g/mol. The van der Waals surface area contributed by atoms with Gasteiger partial charge in [-0.3, -0.25) is 4.98 Å². The predicted molar refractivity (Wildman–Crippen MR) is 81.3 cm³/mol. The van der Waals surface area contributed by atoms with Crippen molar-refractivity contribution in [1.29, 1.82) is 5.26 Å². The van der Waals surface area contributed by atoms with Crippen LogP contribution in [0.4, 0.5) is 0 Å². The molecule has 0 bridgehead atoms. The van der Waals surface area contributed by atoms with Gasteiger partial charge in [0.15, 0.2) is 0 Å². The Bertz CT molecular complexity index is 890. The summed E-state index contributed by atoms with van der Waals surface area (Å²) in [6, 6.07) is 13.0. The van der Waals surface area contributed by atoms with Crippen LogP contribution < -0.4 is 0 Å². The van der Waals surface area contributed by atoms with E-state index in [1.165, 1.54) is 7.11 Å². The van der Waals surface area contributed by atoms with Crippen molar-refractivity contribution in [3.05, 3.63) is 65.6 Å². The minimum absolute atomic E-state index is 0.382. The van der Waals surface area contributed by atoms with Gasteiger partial charge in [0.25, 0.3) is 0 Å². The normalized spacial score (nSPS) is 10.4. The van der Waals surface area contributed by atoms with E-state index in [2.05, 4.69) is 11.1 Å². The molecule has 5 nitrogen and oxygen atoms in total. The van der Waals surface area contributed by atoms with Crippen LogP contribution in [0.25, 0.3) is 10.9 Å². The SMILES string of the molecule is COC(=O)c1ccnc(Cn2ccc3ccc(C#N)cc32)c1. The maximum absolute atomic E-state index is 11.6. The van der Waals surface area contributed by atoms with E-state index in [1.54, 1.807) is 24.4 Å². The lowest BCUT2D eigenvalue weighted by Crippen LogP contribution is -2.05. The molecule has 5 heteroatoms. The van der Waals surface area contributed by atoms with Crippen LogP contribution in [-0.4, -0.2) is 22.6 Å². The quantitative estimate of drug-likeness (QED) is 0.696. The molecule has 0 amide bonds. The molecule has 0 aliphatic carbocycles. The van der Waals surface area contributed by atoms with Gasteiger partial charge in [0, 0.05) is 17.9 Å². The first-order valence-corrected chi connectivity index (χ1v) is 6.73. The molecule has 3 aromatic rings. The monoisotopic (exact) mass is 291 g/mol. The summed E-state index contributed by atoms with van der Waals surface area (Å²) in [6.07, 6.45) is 3.53. The third kappa shape index (κ3) is 2.54. The van der Waals surface area contributed by atoms with Crippen molar-refractivity contribution in [2.45, 2.75) is 6.54 Å². The summed E-state index contributed by atoms with van der Waals surface area (Å²) in [4.78, 5) is 15.9. The van der Waals surface area contributed by atoms with Crippen molar-refractivity contribution < 1.29 is 9.53 Å². The van der Waals surface area contributed by atoms with E-state index in [0.717, 1.165) is 16.6 Å². The molecule has 0 atom stereocenters. The smallest absolute Gasteiger partial charge is 0.337 e. The highest BCUT2D eigenvalue weighted by molar-refractivity contribution is 5.89. The zero-order valence-electron chi connectivity index (χ0n) is 12.0. The Kier molecular flexibility index (Phi) is 3.58. The van der Waals surface area contributed by atoms with Gasteiger partial charge in [0.1, 0.15) is 0 Å². The van der Waals surface area contributed by atoms with Gasteiger partial charge >= 0.3 is 5.97 Å². The number of pyridine rings is 1. The fourth-order valence-corrected chi connectivity index (χ4v) is 2.38. The molecule has 0 saturated heterocycles. The number of hydrogen-bond acceptors (Lipinski definition) is 4. The fraction of sp³-hybridized carbons (Fsp3) is 0.118. The van der Waals surface area contributed by atoms with E-state index >= 15 is 0 Å². The van der Waals surface area contributed by atoms with Crippen LogP contribution in [0.3, 0.4) is 0 Å². The summed E-state index contributed by atoms with van der Waals surface area (Å²) in [5.74, 6) is -0.382. The molecule has 0 radical (unpaired) electrons. The number of esters is 1. The topological polar surface area (TPSA) is 67.9 Å². The molecule has 22 heavy (non-hydrogen) atoms. The molecule has 0 aliphatic rings. The van der Waals surface area contributed by atoms with Crippen molar-refractivity contribution in [3.63, 3.8) is 0 Å². The van der Waals surface area contributed by atoms with E-state index in [0.29, 0.717) is 17.7 Å². The van der Waals surface area contributed by atoms with E-state index < -0.39 is 0 Å². The van der Waals surface area contributed by atoms with Crippen LogP contribution in [-0.2, 0) is 11.3 Å². The van der Waals surface area contributed by atoms with Crippen LogP contribution in [0.5, 0.6) is 0 Å². The van der Waals surface area contributed by atoms with Crippen molar-refractivity contribution in [1.82, 2.24) is 9.55 Å². The largest absolute Gasteiger partial charge is 0.465 e. The predicted octanol–water partition coefficient (Wildman–Crippen LogP) is 2.74. The Balaban J connectivity index is 1.96. The third-order valence-electron chi connectivity index (χ3n) is 3.47. The summed E-state index contributed by atoms with van der Waals surface area (Å²) in [5.41, 5.74) is 2.80. The van der Waals surface area contributed by atoms with Crippen LogP contribution in [0, 0.1) is 11.3 Å². The number of aromatic nitrogens is 2. The summed E-state index contributed by atoms with van der Waals surface area (Å²) >= 11 is 0. The van der Waals surface area contributed by atoms with Crippen LogP contribution in [0.15, 0.2) is 48.8 Å². The molecule has 2 heterocycles. The van der Waals surface area contributed by atoms with Gasteiger partial charge in [-0.1, -0.05) is 6.07 Å². The Hall–Kier alpha value is -3.13. The summed E-state index contributed by atoms with van der Waals surface area (Å²) in [6.45, 7) is 0.517. The number of ether oxygens (including phenoxy) is 1. The molecule has 1 aromatic carbocycles. The van der Waals surface area contributed by atoms with Gasteiger partial charge in [-0.15, -0.1) is 0 Å². The highest BCUT2D eigenvalue weighted by Crippen LogP contribution is 2.18. The average Bonchev–Trinajstić information content (AvgIpc) is 2.96. The number of nitriles is 1. The van der Waals surface area contributed by atoms with Crippen molar-refractivity contribution in [2.75, 3.05) is 7.11 Å². The molecule has 0 aliphatic heterocycles. The highest BCUT2D eigenvalue weighted by atomic mass is 16.5. The number of rotatable bonds is 3. The second kappa shape index (κ2) is 5.70. The number of fused-ring (bicyclic) bond motifs is 1. The number of carbonyl (C=O) groups excluding carboxylic acids is 1. The minimum Gasteiger partial charge on any atom is -0.465 e. The van der Waals surface area contributed by atoms with Gasteiger partial charge < -0.3 is 9.30 Å². The second-order valence-electron chi connectivity index (χ2n) is 4.86. The number of methoxy groups -OCH3 is 1. The molecule has 0 unspecified atom stereocenters. The van der Waals surface area contributed by atoms with Gasteiger partial charge in [0.05, 0.1) is 36.5 Å². The molecule has 0 fully saturated rings. The summed E-state index contributed by atoms with van der Waals surface area (Å²) < 4.78 is 6.72. The first kappa shape index (κ1) is 13.8. The standard InChI is InChI=1S/C17H13N3O2/c1-22-17(21)14-4-6-19-15(9-14)11-20-7-5-13-3-2-12(10-18)8-16(13)20/h2-9H,11H2,1H3. The van der Waals surface area contributed by atoms with E-state index in [-0.39, 0.29) is 5.97 Å². The number of nitrogens with zero attached hydrogens (tertiary/aromatic N) is 3. The van der Waals surface area contributed by atoms with Gasteiger partial charge in [-0.25, -0.2) is 4.79 Å². The van der Waals surface area contributed by atoms with Crippen molar-refractivity contribution in [3.8, 4) is 6.07 Å². The zero-order chi connectivity index (χ0) is 15.5. The molecular formula is C17H13N3O2. The molecule has 0 spiro atoms. The maximum atomic E-state index is 11.6. The van der Waals surface area contributed by atoms with E-state index in [4.69, 9.17) is 10.00 Å². The van der Waals surface area contributed by atoms with Crippen molar-refractivity contribution >= 4 is 16.9 Å². The first-order valence-electron chi connectivity index (χ1n) is 6.73. The molecule has 2 aromatic heterocycles. The zero-order valence-corrected chi connectivity index (χ0v) is 12.0. The summed E-state index contributed by atoms with van der Waals surface area (Å²) in [7, 11) is 1.35. The van der Waals surface area contributed by atoms with Crippen LogP contribution >= 0.6 is 0 Å². The molecule has 0 saturated carbocycles. The fourth-order valence-electron chi connectivity index (χ4n) is 2.38. The lowest BCUT2D eigenvalue weighted by Gasteiger charge is -2.06. The van der Waals surface area contributed by atoms with E-state index in [9.17, 15) is 4.79 Å². The Morgan fingerprint density at radius 2 is 2.18 bits per heavy atom. The van der Waals surface area contributed by atoms with E-state index in [1.807, 2.05) is 29.0 Å². The summed E-state index contributed by atoms with van der Waals surface area (Å²) in [5, 5.41) is 10.1. The molecule has 108 valence electrons. The number of hydrogen-bond donors (Lipinski definition) is 0. The van der Waals surface area contributed by atoms with Gasteiger partial charge in [-0.2, -0.15) is 5.26 Å². The molecule has 0 N–H and O–H groups in total. The van der Waals surface area contributed by atoms with Crippen LogP contribution in [0.2, 0.25) is 0 Å². The number of carbonyl (C=O) groups is 1. The molecule has 3 rings (SSSR count). The Labute approximate surface area is 127 Å². The number of benzene rings is 1. The van der Waals surface area contributed by atoms with Gasteiger partial charge in [-0.05, 0) is 35.7 Å². The van der Waals surface area contributed by atoms with Crippen molar-refractivity contribution in [2.24, 2.45) is 0 Å². The second-order valence-corrected chi connectivity index (χ2v) is 4.86. The minimum atomic E-state index is -0.382. The Morgan fingerprint density at radius 3 is 2.95 bits per heavy atom. The van der Waals surface area contributed by atoms with Gasteiger partial charge in [0.2, 0.25) is 0 Å². The first-order chi connectivity index (χ1) is 10.7. The Morgan fingerprint density at radius 1 is 1.32 bits per heavy atom. The lowest BCUT2D eigenvalue weighted by atomic mass is 10.2.